The number of hydrogen-bond acceptors (Lipinski definition) is 5. The molecule has 0 N–H and O–H groups in total. The van der Waals surface area contributed by atoms with Gasteiger partial charge < -0.3 is 9.80 Å². The summed E-state index contributed by atoms with van der Waals surface area (Å²) in [5.41, 5.74) is 1.08. The predicted octanol–water partition coefficient (Wildman–Crippen LogP) is 1.39. The molecule has 126 valence electrons. The summed E-state index contributed by atoms with van der Waals surface area (Å²) in [6.07, 6.45) is 6.61. The van der Waals surface area contributed by atoms with Crippen molar-refractivity contribution in [1.82, 2.24) is 24.6 Å². The van der Waals surface area contributed by atoms with Gasteiger partial charge in [-0.1, -0.05) is 0 Å². The van der Waals surface area contributed by atoms with Crippen LogP contribution in [0.5, 0.6) is 0 Å². The van der Waals surface area contributed by atoms with Crippen LogP contribution in [0.2, 0.25) is 0 Å². The molecule has 7 nitrogen and oxygen atoms in total. The van der Waals surface area contributed by atoms with Crippen molar-refractivity contribution in [1.29, 1.82) is 0 Å². The monoisotopic (exact) mass is 330 g/mol. The SMILES string of the molecule is O=C1CCCN1CCC1CN(c2ncc(F)cn2)Cc2ccnn21. The molecule has 0 aliphatic carbocycles. The third-order valence-corrected chi connectivity index (χ3v) is 4.68. The van der Waals surface area contributed by atoms with E-state index in [9.17, 15) is 9.18 Å². The number of anilines is 1. The zero-order valence-electron chi connectivity index (χ0n) is 13.3. The Kier molecular flexibility index (Phi) is 3.87. The van der Waals surface area contributed by atoms with Gasteiger partial charge in [0.2, 0.25) is 11.9 Å². The maximum Gasteiger partial charge on any atom is 0.225 e. The van der Waals surface area contributed by atoms with Gasteiger partial charge in [-0.3, -0.25) is 9.48 Å². The Morgan fingerprint density at radius 3 is 2.88 bits per heavy atom. The summed E-state index contributed by atoms with van der Waals surface area (Å²) in [5.74, 6) is 0.321. The summed E-state index contributed by atoms with van der Waals surface area (Å²) in [4.78, 5) is 23.9. The van der Waals surface area contributed by atoms with Crippen LogP contribution in [0.15, 0.2) is 24.7 Å². The zero-order valence-corrected chi connectivity index (χ0v) is 13.3. The van der Waals surface area contributed by atoms with E-state index in [-0.39, 0.29) is 11.9 Å². The van der Waals surface area contributed by atoms with E-state index in [2.05, 4.69) is 15.1 Å². The molecule has 0 radical (unpaired) electrons. The highest BCUT2D eigenvalue weighted by atomic mass is 19.1. The molecular formula is C16H19FN6O. The number of hydrogen-bond donors (Lipinski definition) is 0. The first-order valence-electron chi connectivity index (χ1n) is 8.23. The molecule has 2 aromatic rings. The molecular weight excluding hydrogens is 311 g/mol. The Balaban J connectivity index is 1.50. The minimum absolute atomic E-state index is 0.144. The molecule has 1 atom stereocenters. The van der Waals surface area contributed by atoms with Crippen molar-refractivity contribution in [2.45, 2.75) is 31.8 Å². The highest BCUT2D eigenvalue weighted by Crippen LogP contribution is 2.26. The molecule has 1 saturated heterocycles. The van der Waals surface area contributed by atoms with E-state index in [0.29, 0.717) is 25.5 Å². The quantitative estimate of drug-likeness (QED) is 0.847. The first-order valence-corrected chi connectivity index (χ1v) is 8.23. The van der Waals surface area contributed by atoms with Crippen molar-refractivity contribution in [3.63, 3.8) is 0 Å². The molecule has 1 unspecified atom stereocenters. The molecule has 1 amide bonds. The number of amides is 1. The van der Waals surface area contributed by atoms with Crippen LogP contribution in [0.3, 0.4) is 0 Å². The normalized spacial score (nSPS) is 20.5. The number of carbonyl (C=O) groups is 1. The summed E-state index contributed by atoms with van der Waals surface area (Å²) >= 11 is 0. The first kappa shape index (κ1) is 15.0. The smallest absolute Gasteiger partial charge is 0.225 e. The van der Waals surface area contributed by atoms with Crippen LogP contribution in [0.25, 0.3) is 0 Å². The summed E-state index contributed by atoms with van der Waals surface area (Å²) in [6.45, 7) is 2.93. The van der Waals surface area contributed by atoms with Gasteiger partial charge in [-0.15, -0.1) is 0 Å². The molecule has 2 aliphatic heterocycles. The lowest BCUT2D eigenvalue weighted by molar-refractivity contribution is -0.127. The highest BCUT2D eigenvalue weighted by Gasteiger charge is 2.28. The van der Waals surface area contributed by atoms with Crippen molar-refractivity contribution >= 4 is 11.9 Å². The van der Waals surface area contributed by atoms with E-state index >= 15 is 0 Å². The highest BCUT2D eigenvalue weighted by molar-refractivity contribution is 5.78. The number of nitrogens with zero attached hydrogens (tertiary/aromatic N) is 6. The van der Waals surface area contributed by atoms with E-state index in [1.54, 1.807) is 6.20 Å². The Morgan fingerprint density at radius 2 is 2.12 bits per heavy atom. The summed E-state index contributed by atoms with van der Waals surface area (Å²) < 4.78 is 15.1. The van der Waals surface area contributed by atoms with Gasteiger partial charge in [-0.25, -0.2) is 14.4 Å². The number of likely N-dealkylation sites (tertiary alicyclic amines) is 1. The van der Waals surface area contributed by atoms with Crippen molar-refractivity contribution < 1.29 is 9.18 Å². The lowest BCUT2D eigenvalue weighted by Crippen LogP contribution is -2.40. The van der Waals surface area contributed by atoms with Crippen molar-refractivity contribution in [2.75, 3.05) is 24.5 Å². The maximum atomic E-state index is 13.1. The Bertz CT molecular complexity index is 730. The molecule has 0 aromatic carbocycles. The van der Waals surface area contributed by atoms with Crippen LogP contribution in [0, 0.1) is 5.82 Å². The average molecular weight is 330 g/mol. The van der Waals surface area contributed by atoms with Gasteiger partial charge in [0.05, 0.1) is 30.7 Å². The number of carbonyl (C=O) groups excluding carboxylic acids is 1. The summed E-state index contributed by atoms with van der Waals surface area (Å²) in [7, 11) is 0. The van der Waals surface area contributed by atoms with Gasteiger partial charge in [0.25, 0.3) is 0 Å². The zero-order chi connectivity index (χ0) is 16.5. The molecule has 0 spiro atoms. The van der Waals surface area contributed by atoms with Crippen LogP contribution < -0.4 is 4.90 Å². The van der Waals surface area contributed by atoms with E-state index in [1.165, 1.54) is 12.4 Å². The van der Waals surface area contributed by atoms with E-state index in [0.717, 1.165) is 31.6 Å². The van der Waals surface area contributed by atoms with Gasteiger partial charge in [0, 0.05) is 32.3 Å². The van der Waals surface area contributed by atoms with Crippen LogP contribution in [0.1, 0.15) is 31.0 Å². The fraction of sp³-hybridized carbons (Fsp3) is 0.500. The van der Waals surface area contributed by atoms with Crippen LogP contribution in [0.4, 0.5) is 10.3 Å². The van der Waals surface area contributed by atoms with Crippen molar-refractivity contribution in [2.24, 2.45) is 0 Å². The van der Waals surface area contributed by atoms with Gasteiger partial charge in [-0.2, -0.15) is 5.10 Å². The Hall–Kier alpha value is -2.51. The molecule has 2 aliphatic rings. The standard InChI is InChI=1S/C16H19FN6O/c17-12-8-18-16(19-9-12)22-10-13-3-5-20-23(13)14(11-22)4-7-21-6-1-2-15(21)24/h3,5,8-9,14H,1-2,4,6-7,10-11H2. The number of fused-ring (bicyclic) bond motifs is 1. The molecule has 2 aromatic heterocycles. The molecule has 1 fully saturated rings. The van der Waals surface area contributed by atoms with Crippen LogP contribution in [-0.4, -0.2) is 50.2 Å². The Labute approximate surface area is 139 Å². The molecule has 0 bridgehead atoms. The van der Waals surface area contributed by atoms with Crippen molar-refractivity contribution in [3.05, 3.63) is 36.2 Å². The fourth-order valence-corrected chi connectivity index (χ4v) is 3.47. The molecule has 0 saturated carbocycles. The van der Waals surface area contributed by atoms with E-state index < -0.39 is 5.82 Å². The fourth-order valence-electron chi connectivity index (χ4n) is 3.47. The minimum atomic E-state index is -0.440. The third kappa shape index (κ3) is 2.83. The third-order valence-electron chi connectivity index (χ3n) is 4.68. The topological polar surface area (TPSA) is 67.2 Å². The van der Waals surface area contributed by atoms with Crippen LogP contribution in [-0.2, 0) is 11.3 Å². The minimum Gasteiger partial charge on any atom is -0.343 e. The molecule has 4 heterocycles. The van der Waals surface area contributed by atoms with Gasteiger partial charge in [0.15, 0.2) is 5.82 Å². The number of halogens is 1. The molecule has 24 heavy (non-hydrogen) atoms. The van der Waals surface area contributed by atoms with Gasteiger partial charge in [-0.05, 0) is 18.9 Å². The predicted molar refractivity (Wildman–Crippen MR) is 84.7 cm³/mol. The first-order chi connectivity index (χ1) is 11.7. The maximum absolute atomic E-state index is 13.1. The van der Waals surface area contributed by atoms with E-state index in [1.807, 2.05) is 20.5 Å². The lowest BCUT2D eigenvalue weighted by atomic mass is 10.1. The second kappa shape index (κ2) is 6.18. The Morgan fingerprint density at radius 1 is 1.29 bits per heavy atom. The van der Waals surface area contributed by atoms with Crippen LogP contribution >= 0.6 is 0 Å². The molecule has 8 heteroatoms. The number of aromatic nitrogens is 4. The summed E-state index contributed by atoms with van der Waals surface area (Å²) in [5, 5.41) is 4.43. The lowest BCUT2D eigenvalue weighted by Gasteiger charge is -2.34. The van der Waals surface area contributed by atoms with E-state index in [4.69, 9.17) is 0 Å². The second-order valence-electron chi connectivity index (χ2n) is 6.28. The average Bonchev–Trinajstić information content (AvgIpc) is 3.22. The molecule has 4 rings (SSSR count). The van der Waals surface area contributed by atoms with Crippen molar-refractivity contribution in [3.8, 4) is 0 Å². The summed E-state index contributed by atoms with van der Waals surface area (Å²) in [6, 6.07) is 2.12. The van der Waals surface area contributed by atoms with Gasteiger partial charge >= 0.3 is 0 Å². The van der Waals surface area contributed by atoms with Gasteiger partial charge in [0.1, 0.15) is 0 Å². The second-order valence-corrected chi connectivity index (χ2v) is 6.28. The number of rotatable bonds is 4. The largest absolute Gasteiger partial charge is 0.343 e.